The predicted molar refractivity (Wildman–Crippen MR) is 77.5 cm³/mol. The minimum atomic E-state index is -0.0228. The summed E-state index contributed by atoms with van der Waals surface area (Å²) in [4.78, 5) is 2.52. The summed E-state index contributed by atoms with van der Waals surface area (Å²) in [6.45, 7) is 9.47. The number of aromatic hydroxyl groups is 1. The quantitative estimate of drug-likeness (QED) is 0.906. The molecule has 19 heavy (non-hydrogen) atoms. The van der Waals surface area contributed by atoms with Crippen LogP contribution < -0.4 is 0 Å². The van der Waals surface area contributed by atoms with Crippen LogP contribution in [-0.4, -0.2) is 41.3 Å². The molecule has 1 N–H and O–H groups in total. The molecule has 0 saturated carbocycles. The van der Waals surface area contributed by atoms with Crippen molar-refractivity contribution in [1.29, 1.82) is 0 Å². The lowest BCUT2D eigenvalue weighted by Gasteiger charge is -2.41. The van der Waals surface area contributed by atoms with Gasteiger partial charge >= 0.3 is 0 Å². The lowest BCUT2D eigenvalue weighted by Crippen LogP contribution is -2.51. The van der Waals surface area contributed by atoms with Gasteiger partial charge < -0.3 is 9.84 Å². The lowest BCUT2D eigenvalue weighted by molar-refractivity contribution is -0.0959. The molecule has 0 radical (unpaired) electrons. The SMILES string of the molecule is CC(CCc1ccc(O)cc1)N1CCOC(C)(C)C1. The minimum absolute atomic E-state index is 0.0228. The molecule has 1 aromatic rings. The van der Waals surface area contributed by atoms with Crippen LogP contribution in [0, 0.1) is 0 Å². The van der Waals surface area contributed by atoms with Crippen LogP contribution in [0.2, 0.25) is 0 Å². The van der Waals surface area contributed by atoms with E-state index in [0.717, 1.165) is 32.5 Å². The van der Waals surface area contributed by atoms with E-state index in [9.17, 15) is 5.11 Å². The van der Waals surface area contributed by atoms with Gasteiger partial charge in [-0.1, -0.05) is 12.1 Å². The maximum Gasteiger partial charge on any atom is 0.115 e. The van der Waals surface area contributed by atoms with Crippen molar-refractivity contribution in [3.05, 3.63) is 29.8 Å². The standard InChI is InChI=1S/C16H25NO2/c1-13(17-10-11-19-16(2,3)12-17)4-5-14-6-8-15(18)9-7-14/h6-9,13,18H,4-5,10-12H2,1-3H3. The van der Waals surface area contributed by atoms with Crippen molar-refractivity contribution in [3.8, 4) is 5.75 Å². The second-order valence-electron chi connectivity index (χ2n) is 6.13. The third-order valence-electron chi connectivity index (χ3n) is 3.87. The number of nitrogens with zero attached hydrogens (tertiary/aromatic N) is 1. The summed E-state index contributed by atoms with van der Waals surface area (Å²) >= 11 is 0. The second kappa shape index (κ2) is 5.93. The minimum Gasteiger partial charge on any atom is -0.508 e. The Hall–Kier alpha value is -1.06. The smallest absolute Gasteiger partial charge is 0.115 e. The van der Waals surface area contributed by atoms with Crippen LogP contribution in [0.15, 0.2) is 24.3 Å². The summed E-state index contributed by atoms with van der Waals surface area (Å²) in [7, 11) is 0. The third-order valence-corrected chi connectivity index (χ3v) is 3.87. The molecule has 1 aromatic carbocycles. The Morgan fingerprint density at radius 2 is 2.00 bits per heavy atom. The average Bonchev–Trinajstić information content (AvgIpc) is 2.36. The summed E-state index contributed by atoms with van der Waals surface area (Å²) in [6, 6.07) is 8.10. The topological polar surface area (TPSA) is 32.7 Å². The van der Waals surface area contributed by atoms with Crippen LogP contribution in [0.3, 0.4) is 0 Å². The molecule has 0 aromatic heterocycles. The van der Waals surface area contributed by atoms with Crippen molar-refractivity contribution in [3.63, 3.8) is 0 Å². The maximum absolute atomic E-state index is 9.27. The number of morpholine rings is 1. The Labute approximate surface area is 116 Å². The number of hydrogen-bond donors (Lipinski definition) is 1. The molecular formula is C16H25NO2. The first-order valence-electron chi connectivity index (χ1n) is 7.12. The van der Waals surface area contributed by atoms with Gasteiger partial charge in [-0.05, 0) is 51.3 Å². The molecule has 106 valence electrons. The fourth-order valence-electron chi connectivity index (χ4n) is 2.65. The Kier molecular flexibility index (Phi) is 4.48. The van der Waals surface area contributed by atoms with Gasteiger partial charge in [0, 0.05) is 19.1 Å². The molecule has 1 fully saturated rings. The fourth-order valence-corrected chi connectivity index (χ4v) is 2.65. The van der Waals surface area contributed by atoms with E-state index >= 15 is 0 Å². The summed E-state index contributed by atoms with van der Waals surface area (Å²) in [5.41, 5.74) is 1.27. The van der Waals surface area contributed by atoms with E-state index in [1.807, 2.05) is 12.1 Å². The monoisotopic (exact) mass is 263 g/mol. The predicted octanol–water partition coefficient (Wildman–Crippen LogP) is 2.82. The molecule has 1 atom stereocenters. The van der Waals surface area contributed by atoms with Gasteiger partial charge in [-0.3, -0.25) is 4.90 Å². The van der Waals surface area contributed by atoms with Crippen LogP contribution in [0.25, 0.3) is 0 Å². The summed E-state index contributed by atoms with van der Waals surface area (Å²) in [5.74, 6) is 0.340. The molecule has 3 nitrogen and oxygen atoms in total. The van der Waals surface area contributed by atoms with Crippen LogP contribution in [0.4, 0.5) is 0 Å². The number of hydrogen-bond acceptors (Lipinski definition) is 3. The van der Waals surface area contributed by atoms with Crippen molar-refractivity contribution < 1.29 is 9.84 Å². The first-order valence-corrected chi connectivity index (χ1v) is 7.12. The average molecular weight is 263 g/mol. The molecule has 1 unspecified atom stereocenters. The zero-order valence-electron chi connectivity index (χ0n) is 12.2. The Morgan fingerprint density at radius 3 is 2.63 bits per heavy atom. The molecule has 3 heteroatoms. The van der Waals surface area contributed by atoms with Crippen LogP contribution in [0.1, 0.15) is 32.8 Å². The first-order chi connectivity index (χ1) is 8.96. The van der Waals surface area contributed by atoms with Crippen LogP contribution >= 0.6 is 0 Å². The molecule has 0 bridgehead atoms. The Balaban J connectivity index is 1.83. The molecule has 0 amide bonds. The Bertz CT molecular complexity index is 400. The third kappa shape index (κ3) is 4.22. The van der Waals surface area contributed by atoms with Gasteiger partial charge in [0.05, 0.1) is 12.2 Å². The molecular weight excluding hydrogens is 238 g/mol. The molecule has 1 aliphatic rings. The van der Waals surface area contributed by atoms with Gasteiger partial charge in [-0.2, -0.15) is 0 Å². The van der Waals surface area contributed by atoms with Gasteiger partial charge in [-0.25, -0.2) is 0 Å². The Morgan fingerprint density at radius 1 is 1.32 bits per heavy atom. The summed E-state index contributed by atoms with van der Waals surface area (Å²) in [6.07, 6.45) is 2.19. The highest BCUT2D eigenvalue weighted by Crippen LogP contribution is 2.20. The summed E-state index contributed by atoms with van der Waals surface area (Å²) in [5, 5.41) is 9.27. The second-order valence-corrected chi connectivity index (χ2v) is 6.13. The number of aryl methyl sites for hydroxylation is 1. The van der Waals surface area contributed by atoms with E-state index in [1.54, 1.807) is 12.1 Å². The van der Waals surface area contributed by atoms with Gasteiger partial charge in [-0.15, -0.1) is 0 Å². The lowest BCUT2D eigenvalue weighted by atomic mass is 10.0. The molecule has 2 rings (SSSR count). The van der Waals surface area contributed by atoms with E-state index in [0.29, 0.717) is 11.8 Å². The molecule has 0 aliphatic carbocycles. The normalized spacial score (nSPS) is 21.2. The maximum atomic E-state index is 9.27. The van der Waals surface area contributed by atoms with Crippen molar-refractivity contribution in [2.24, 2.45) is 0 Å². The zero-order chi connectivity index (χ0) is 13.9. The van der Waals surface area contributed by atoms with E-state index in [4.69, 9.17) is 4.74 Å². The van der Waals surface area contributed by atoms with Gasteiger partial charge in [0.25, 0.3) is 0 Å². The number of rotatable bonds is 4. The highest BCUT2D eigenvalue weighted by molar-refractivity contribution is 5.25. The number of benzene rings is 1. The van der Waals surface area contributed by atoms with E-state index in [2.05, 4.69) is 25.7 Å². The molecule has 1 heterocycles. The highest BCUT2D eigenvalue weighted by Gasteiger charge is 2.29. The first kappa shape index (κ1) is 14.4. The summed E-state index contributed by atoms with van der Waals surface area (Å²) < 4.78 is 5.75. The van der Waals surface area contributed by atoms with Gasteiger partial charge in [0.15, 0.2) is 0 Å². The van der Waals surface area contributed by atoms with Crippen molar-refractivity contribution >= 4 is 0 Å². The zero-order valence-corrected chi connectivity index (χ0v) is 12.2. The van der Waals surface area contributed by atoms with Gasteiger partial charge in [0.1, 0.15) is 5.75 Å². The number of phenolic OH excluding ortho intramolecular Hbond substituents is 1. The largest absolute Gasteiger partial charge is 0.508 e. The fraction of sp³-hybridized carbons (Fsp3) is 0.625. The number of phenols is 1. The molecule has 1 aliphatic heterocycles. The van der Waals surface area contributed by atoms with Crippen molar-refractivity contribution in [2.45, 2.75) is 45.3 Å². The van der Waals surface area contributed by atoms with Crippen LogP contribution in [-0.2, 0) is 11.2 Å². The van der Waals surface area contributed by atoms with E-state index in [1.165, 1.54) is 5.56 Å². The van der Waals surface area contributed by atoms with E-state index in [-0.39, 0.29) is 5.60 Å². The molecule has 0 spiro atoms. The van der Waals surface area contributed by atoms with Crippen molar-refractivity contribution in [2.75, 3.05) is 19.7 Å². The van der Waals surface area contributed by atoms with Gasteiger partial charge in [0.2, 0.25) is 0 Å². The number of ether oxygens (including phenoxy) is 1. The molecule has 1 saturated heterocycles. The highest BCUT2D eigenvalue weighted by atomic mass is 16.5. The van der Waals surface area contributed by atoms with Crippen LogP contribution in [0.5, 0.6) is 5.75 Å². The van der Waals surface area contributed by atoms with E-state index < -0.39 is 0 Å². The van der Waals surface area contributed by atoms with Crippen molar-refractivity contribution in [1.82, 2.24) is 4.90 Å².